The molecule has 0 atom stereocenters. The van der Waals surface area contributed by atoms with Crippen LogP contribution in [-0.2, 0) is 16.4 Å². The van der Waals surface area contributed by atoms with E-state index in [4.69, 9.17) is 0 Å². The topological polar surface area (TPSA) is 59.1 Å². The molecular weight excluding hydrogens is 348 g/mol. The van der Waals surface area contributed by atoms with Crippen molar-refractivity contribution in [2.75, 3.05) is 4.72 Å². The summed E-state index contributed by atoms with van der Waals surface area (Å²) in [7, 11) is -3.60. The lowest BCUT2D eigenvalue weighted by atomic mass is 10.3. The summed E-state index contributed by atoms with van der Waals surface area (Å²) in [6.07, 6.45) is 0.791. The molecule has 19 heavy (non-hydrogen) atoms. The summed E-state index contributed by atoms with van der Waals surface area (Å²) in [6, 6.07) is 6.70. The lowest BCUT2D eigenvalue weighted by Gasteiger charge is -2.06. The molecule has 102 valence electrons. The van der Waals surface area contributed by atoms with Crippen LogP contribution >= 0.6 is 27.3 Å². The molecular formula is C12H13BrN2O2S2. The molecule has 0 unspecified atom stereocenters. The molecule has 0 aliphatic rings. The Morgan fingerprint density at radius 2 is 2.05 bits per heavy atom. The van der Waals surface area contributed by atoms with Gasteiger partial charge in [0.05, 0.1) is 5.69 Å². The Bertz CT molecular complexity index is 696. The van der Waals surface area contributed by atoms with E-state index in [1.54, 1.807) is 24.3 Å². The van der Waals surface area contributed by atoms with Gasteiger partial charge in [-0.1, -0.05) is 19.1 Å². The lowest BCUT2D eigenvalue weighted by Crippen LogP contribution is -2.13. The van der Waals surface area contributed by atoms with Gasteiger partial charge in [0, 0.05) is 9.35 Å². The molecule has 1 aromatic heterocycles. The second kappa shape index (κ2) is 5.60. The molecule has 0 aliphatic heterocycles. The van der Waals surface area contributed by atoms with Gasteiger partial charge < -0.3 is 0 Å². The first-order valence-corrected chi connectivity index (χ1v) is 8.77. The molecule has 0 saturated carbocycles. The SMILES string of the molecule is CCc1nc(NS(=O)(=O)c2ccccc2Br)sc1C. The maximum absolute atomic E-state index is 12.3. The van der Waals surface area contributed by atoms with E-state index in [-0.39, 0.29) is 4.90 Å². The highest BCUT2D eigenvalue weighted by Gasteiger charge is 2.19. The molecule has 0 aliphatic carbocycles. The number of anilines is 1. The minimum absolute atomic E-state index is 0.209. The molecule has 1 N–H and O–H groups in total. The van der Waals surface area contributed by atoms with Crippen LogP contribution in [0.3, 0.4) is 0 Å². The third kappa shape index (κ3) is 3.16. The first-order valence-electron chi connectivity index (χ1n) is 5.67. The molecule has 2 aromatic rings. The van der Waals surface area contributed by atoms with Crippen LogP contribution in [0.15, 0.2) is 33.6 Å². The van der Waals surface area contributed by atoms with Crippen molar-refractivity contribution < 1.29 is 8.42 Å². The van der Waals surface area contributed by atoms with Crippen LogP contribution in [0.2, 0.25) is 0 Å². The van der Waals surface area contributed by atoms with E-state index in [9.17, 15) is 8.42 Å². The Balaban J connectivity index is 2.34. The normalized spacial score (nSPS) is 11.5. The van der Waals surface area contributed by atoms with Crippen LogP contribution in [0.4, 0.5) is 5.13 Å². The summed E-state index contributed by atoms with van der Waals surface area (Å²) in [5, 5.41) is 0.408. The van der Waals surface area contributed by atoms with E-state index in [2.05, 4.69) is 25.6 Å². The summed E-state index contributed by atoms with van der Waals surface area (Å²) in [6.45, 7) is 3.93. The van der Waals surface area contributed by atoms with Crippen molar-refractivity contribution in [2.45, 2.75) is 25.2 Å². The molecule has 0 fully saturated rings. The number of nitrogens with zero attached hydrogens (tertiary/aromatic N) is 1. The standard InChI is InChI=1S/C12H13BrN2O2S2/c1-3-10-8(2)18-12(14-10)15-19(16,17)11-7-5-4-6-9(11)13/h4-7H,3H2,1-2H3,(H,14,15). The highest BCUT2D eigenvalue weighted by Crippen LogP contribution is 2.27. The maximum atomic E-state index is 12.3. The van der Waals surface area contributed by atoms with Gasteiger partial charge in [-0.25, -0.2) is 13.4 Å². The molecule has 0 radical (unpaired) electrons. The molecule has 0 amide bonds. The lowest BCUT2D eigenvalue weighted by molar-refractivity contribution is 0.600. The number of halogens is 1. The zero-order valence-electron chi connectivity index (χ0n) is 10.5. The van der Waals surface area contributed by atoms with E-state index < -0.39 is 10.0 Å². The predicted molar refractivity (Wildman–Crippen MR) is 81.2 cm³/mol. The summed E-state index contributed by atoms with van der Waals surface area (Å²) >= 11 is 4.59. The van der Waals surface area contributed by atoms with Crippen LogP contribution in [0.25, 0.3) is 0 Å². The Labute approximate surface area is 125 Å². The monoisotopic (exact) mass is 360 g/mol. The number of benzene rings is 1. The number of thiazole rings is 1. The van der Waals surface area contributed by atoms with E-state index in [1.807, 2.05) is 13.8 Å². The van der Waals surface area contributed by atoms with Crippen molar-refractivity contribution in [3.8, 4) is 0 Å². The van der Waals surface area contributed by atoms with Gasteiger partial charge in [0.2, 0.25) is 0 Å². The van der Waals surface area contributed by atoms with E-state index in [0.717, 1.165) is 17.0 Å². The van der Waals surface area contributed by atoms with Crippen molar-refractivity contribution in [1.82, 2.24) is 4.98 Å². The van der Waals surface area contributed by atoms with E-state index in [1.165, 1.54) is 11.3 Å². The third-order valence-electron chi connectivity index (χ3n) is 2.58. The highest BCUT2D eigenvalue weighted by molar-refractivity contribution is 9.10. The number of sulfonamides is 1. The fraction of sp³-hybridized carbons (Fsp3) is 0.250. The second-order valence-electron chi connectivity index (χ2n) is 3.91. The van der Waals surface area contributed by atoms with Crippen molar-refractivity contribution in [3.63, 3.8) is 0 Å². The minimum atomic E-state index is -3.60. The summed E-state index contributed by atoms with van der Waals surface area (Å²) in [5.41, 5.74) is 0.926. The Morgan fingerprint density at radius 3 is 2.63 bits per heavy atom. The molecule has 4 nitrogen and oxygen atoms in total. The van der Waals surface area contributed by atoms with Crippen molar-refractivity contribution in [1.29, 1.82) is 0 Å². The van der Waals surface area contributed by atoms with Crippen LogP contribution in [0.5, 0.6) is 0 Å². The second-order valence-corrected chi connectivity index (χ2v) is 7.62. The summed E-state index contributed by atoms with van der Waals surface area (Å²) in [4.78, 5) is 5.53. The number of aromatic nitrogens is 1. The average molecular weight is 361 g/mol. The molecule has 1 heterocycles. The Hall–Kier alpha value is -0.920. The van der Waals surface area contributed by atoms with Crippen LogP contribution < -0.4 is 4.72 Å². The fourth-order valence-electron chi connectivity index (χ4n) is 1.63. The molecule has 2 rings (SSSR count). The van der Waals surface area contributed by atoms with Gasteiger partial charge in [0.15, 0.2) is 5.13 Å². The smallest absolute Gasteiger partial charge is 0.255 e. The summed E-state index contributed by atoms with van der Waals surface area (Å²) in [5.74, 6) is 0. The van der Waals surface area contributed by atoms with Gasteiger partial charge in [-0.2, -0.15) is 0 Å². The van der Waals surface area contributed by atoms with Gasteiger partial charge in [0.25, 0.3) is 10.0 Å². The van der Waals surface area contributed by atoms with Gasteiger partial charge in [-0.05, 0) is 41.4 Å². The molecule has 7 heteroatoms. The Kier molecular flexibility index (Phi) is 4.27. The molecule has 1 aromatic carbocycles. The van der Waals surface area contributed by atoms with Gasteiger partial charge in [0.1, 0.15) is 4.90 Å². The predicted octanol–water partition coefficient (Wildman–Crippen LogP) is 3.58. The number of rotatable bonds is 4. The van der Waals surface area contributed by atoms with Crippen molar-refractivity contribution in [2.24, 2.45) is 0 Å². The highest BCUT2D eigenvalue weighted by atomic mass is 79.9. The average Bonchev–Trinajstić information content (AvgIpc) is 2.68. The molecule has 0 saturated heterocycles. The number of nitrogens with one attached hydrogen (secondary N) is 1. The quantitative estimate of drug-likeness (QED) is 0.906. The molecule has 0 bridgehead atoms. The number of hydrogen-bond acceptors (Lipinski definition) is 4. The Morgan fingerprint density at radius 1 is 1.37 bits per heavy atom. The first kappa shape index (κ1) is 14.5. The van der Waals surface area contributed by atoms with E-state index >= 15 is 0 Å². The van der Waals surface area contributed by atoms with Gasteiger partial charge in [-0.3, -0.25) is 4.72 Å². The maximum Gasteiger partial charge on any atom is 0.264 e. The van der Waals surface area contributed by atoms with Crippen molar-refractivity contribution in [3.05, 3.63) is 39.3 Å². The van der Waals surface area contributed by atoms with Crippen LogP contribution in [0.1, 0.15) is 17.5 Å². The molecule has 0 spiro atoms. The number of hydrogen-bond donors (Lipinski definition) is 1. The van der Waals surface area contributed by atoms with Crippen LogP contribution in [0, 0.1) is 6.92 Å². The third-order valence-corrected chi connectivity index (χ3v) is 5.98. The van der Waals surface area contributed by atoms with Crippen molar-refractivity contribution >= 4 is 42.4 Å². The first-order chi connectivity index (χ1) is 8.94. The number of aryl methyl sites for hydroxylation is 2. The summed E-state index contributed by atoms with van der Waals surface area (Å²) < 4.78 is 27.6. The fourth-order valence-corrected chi connectivity index (χ4v) is 4.77. The minimum Gasteiger partial charge on any atom is -0.255 e. The largest absolute Gasteiger partial charge is 0.264 e. The zero-order chi connectivity index (χ0) is 14.0. The van der Waals surface area contributed by atoms with E-state index in [0.29, 0.717) is 9.60 Å². The van der Waals surface area contributed by atoms with Gasteiger partial charge in [-0.15, -0.1) is 11.3 Å². The zero-order valence-corrected chi connectivity index (χ0v) is 13.7. The van der Waals surface area contributed by atoms with Crippen LogP contribution in [-0.4, -0.2) is 13.4 Å². The van der Waals surface area contributed by atoms with Gasteiger partial charge >= 0.3 is 0 Å².